The quantitative estimate of drug-likeness (QED) is 0.887. The van der Waals surface area contributed by atoms with Gasteiger partial charge in [-0.15, -0.1) is 0 Å². The second-order valence-electron chi connectivity index (χ2n) is 5.91. The molecule has 0 aromatic heterocycles. The van der Waals surface area contributed by atoms with Crippen molar-refractivity contribution in [1.82, 2.24) is 10.0 Å². The summed E-state index contributed by atoms with van der Waals surface area (Å²) in [5, 5.41) is 3.19. The lowest BCUT2D eigenvalue weighted by atomic mass is 9.81. The number of piperidine rings is 1. The Kier molecular flexibility index (Phi) is 4.84. The van der Waals surface area contributed by atoms with E-state index in [-0.39, 0.29) is 16.9 Å². The van der Waals surface area contributed by atoms with Crippen LogP contribution in [0.2, 0.25) is 0 Å². The fraction of sp³-hybridized carbons (Fsp3) is 0.571. The van der Waals surface area contributed by atoms with Crippen molar-refractivity contribution in [3.05, 3.63) is 29.8 Å². The smallest absolute Gasteiger partial charge is 0.317 e. The van der Waals surface area contributed by atoms with Gasteiger partial charge in [0, 0.05) is 6.54 Å². The molecular formula is C14H19F3N2O2S. The molecule has 0 amide bonds. The van der Waals surface area contributed by atoms with E-state index in [9.17, 15) is 21.6 Å². The Morgan fingerprint density at radius 2 is 1.91 bits per heavy atom. The highest BCUT2D eigenvalue weighted by Crippen LogP contribution is 2.31. The summed E-state index contributed by atoms with van der Waals surface area (Å²) >= 11 is 0. The number of benzene rings is 1. The molecule has 0 saturated carbocycles. The summed E-state index contributed by atoms with van der Waals surface area (Å²) in [5.41, 5.74) is -1.15. The third-order valence-electron chi connectivity index (χ3n) is 3.97. The van der Waals surface area contributed by atoms with Crippen molar-refractivity contribution in [1.29, 1.82) is 0 Å². The normalized spacial score (nSPS) is 19.1. The predicted octanol–water partition coefficient (Wildman–Crippen LogP) is 2.37. The monoisotopic (exact) mass is 336 g/mol. The Labute approximate surface area is 128 Å². The van der Waals surface area contributed by atoms with E-state index >= 15 is 0 Å². The SMILES string of the molecule is CC1(CNS(=O)(=O)c2cccc(C(F)(F)F)c2)CCNCC1. The molecule has 8 heteroatoms. The van der Waals surface area contributed by atoms with Crippen LogP contribution in [0.3, 0.4) is 0 Å². The Bertz CT molecular complexity index is 623. The molecule has 4 nitrogen and oxygen atoms in total. The van der Waals surface area contributed by atoms with E-state index in [1.807, 2.05) is 6.92 Å². The molecule has 0 atom stereocenters. The molecule has 1 fully saturated rings. The second-order valence-corrected chi connectivity index (χ2v) is 7.68. The summed E-state index contributed by atoms with van der Waals surface area (Å²) in [6.45, 7) is 3.80. The third kappa shape index (κ3) is 4.21. The Morgan fingerprint density at radius 3 is 2.50 bits per heavy atom. The van der Waals surface area contributed by atoms with Crippen LogP contribution in [0.15, 0.2) is 29.2 Å². The maximum atomic E-state index is 12.7. The number of sulfonamides is 1. The number of rotatable bonds is 4. The maximum Gasteiger partial charge on any atom is 0.416 e. The van der Waals surface area contributed by atoms with Gasteiger partial charge in [-0.1, -0.05) is 13.0 Å². The zero-order chi connectivity index (χ0) is 16.4. The Balaban J connectivity index is 2.13. The van der Waals surface area contributed by atoms with Crippen LogP contribution in [0.5, 0.6) is 0 Å². The number of nitrogens with one attached hydrogen (secondary N) is 2. The molecule has 0 bridgehead atoms. The van der Waals surface area contributed by atoms with Crippen LogP contribution < -0.4 is 10.0 Å². The molecule has 1 heterocycles. The van der Waals surface area contributed by atoms with E-state index < -0.39 is 21.8 Å². The highest BCUT2D eigenvalue weighted by Gasteiger charge is 2.32. The van der Waals surface area contributed by atoms with Crippen molar-refractivity contribution in [3.63, 3.8) is 0 Å². The third-order valence-corrected chi connectivity index (χ3v) is 5.37. The molecule has 2 N–H and O–H groups in total. The maximum absolute atomic E-state index is 12.7. The van der Waals surface area contributed by atoms with E-state index in [2.05, 4.69) is 10.0 Å². The molecule has 1 aliphatic rings. The first-order valence-corrected chi connectivity index (χ1v) is 8.48. The molecule has 1 aliphatic heterocycles. The molecule has 0 radical (unpaired) electrons. The molecule has 2 rings (SSSR count). The van der Waals surface area contributed by atoms with E-state index in [0.717, 1.165) is 38.1 Å². The molecule has 1 aromatic rings. The molecule has 124 valence electrons. The average molecular weight is 336 g/mol. The van der Waals surface area contributed by atoms with Crippen LogP contribution in [0, 0.1) is 5.41 Å². The number of alkyl halides is 3. The van der Waals surface area contributed by atoms with Gasteiger partial charge in [-0.05, 0) is 49.5 Å². The lowest BCUT2D eigenvalue weighted by Crippen LogP contribution is -2.42. The largest absolute Gasteiger partial charge is 0.416 e. The number of hydrogen-bond donors (Lipinski definition) is 2. The second kappa shape index (κ2) is 6.17. The van der Waals surface area contributed by atoms with Gasteiger partial charge in [-0.25, -0.2) is 13.1 Å². The fourth-order valence-corrected chi connectivity index (χ4v) is 3.64. The highest BCUT2D eigenvalue weighted by atomic mass is 32.2. The van der Waals surface area contributed by atoms with E-state index in [1.165, 1.54) is 6.07 Å². The Morgan fingerprint density at radius 1 is 1.27 bits per heavy atom. The molecule has 1 aromatic carbocycles. The van der Waals surface area contributed by atoms with Crippen LogP contribution >= 0.6 is 0 Å². The molecule has 22 heavy (non-hydrogen) atoms. The molecule has 0 unspecified atom stereocenters. The summed E-state index contributed by atoms with van der Waals surface area (Å²) in [6, 6.07) is 3.78. The van der Waals surface area contributed by atoms with Gasteiger partial charge in [0.25, 0.3) is 0 Å². The highest BCUT2D eigenvalue weighted by molar-refractivity contribution is 7.89. The van der Waals surface area contributed by atoms with Gasteiger partial charge < -0.3 is 5.32 Å². The molecule has 0 spiro atoms. The summed E-state index contributed by atoms with van der Waals surface area (Å²) in [7, 11) is -3.95. The van der Waals surface area contributed by atoms with Crippen molar-refractivity contribution in [2.75, 3.05) is 19.6 Å². The number of hydrogen-bond acceptors (Lipinski definition) is 3. The summed E-state index contributed by atoms with van der Waals surface area (Å²) < 4.78 is 64.9. The molecule has 1 saturated heterocycles. The van der Waals surface area contributed by atoms with E-state index in [4.69, 9.17) is 0 Å². The fourth-order valence-electron chi connectivity index (χ4n) is 2.40. The standard InChI is InChI=1S/C14H19F3N2O2S/c1-13(5-7-18-8-6-13)10-19-22(20,21)12-4-2-3-11(9-12)14(15,16)17/h2-4,9,18-19H,5-8,10H2,1H3. The molecular weight excluding hydrogens is 317 g/mol. The van der Waals surface area contributed by atoms with Crippen molar-refractivity contribution in [3.8, 4) is 0 Å². The van der Waals surface area contributed by atoms with Crippen molar-refractivity contribution >= 4 is 10.0 Å². The zero-order valence-electron chi connectivity index (χ0n) is 12.2. The topological polar surface area (TPSA) is 58.2 Å². The minimum Gasteiger partial charge on any atom is -0.317 e. The lowest BCUT2D eigenvalue weighted by Gasteiger charge is -2.34. The lowest BCUT2D eigenvalue weighted by molar-refractivity contribution is -0.137. The summed E-state index contributed by atoms with van der Waals surface area (Å²) in [4.78, 5) is -0.361. The van der Waals surface area contributed by atoms with Crippen molar-refractivity contribution in [2.24, 2.45) is 5.41 Å². The van der Waals surface area contributed by atoms with Gasteiger partial charge in [-0.2, -0.15) is 13.2 Å². The number of halogens is 3. The minimum atomic E-state index is -4.56. The minimum absolute atomic E-state index is 0.181. The summed E-state index contributed by atoms with van der Waals surface area (Å²) in [5.74, 6) is 0. The first-order valence-electron chi connectivity index (χ1n) is 7.00. The van der Waals surface area contributed by atoms with Crippen LogP contribution in [-0.2, 0) is 16.2 Å². The predicted molar refractivity (Wildman–Crippen MR) is 76.8 cm³/mol. The van der Waals surface area contributed by atoms with E-state index in [0.29, 0.717) is 6.07 Å². The van der Waals surface area contributed by atoms with Crippen LogP contribution in [0.1, 0.15) is 25.3 Å². The zero-order valence-corrected chi connectivity index (χ0v) is 13.0. The first kappa shape index (κ1) is 17.2. The van der Waals surface area contributed by atoms with Crippen molar-refractivity contribution < 1.29 is 21.6 Å². The van der Waals surface area contributed by atoms with Crippen LogP contribution in [-0.4, -0.2) is 28.1 Å². The van der Waals surface area contributed by atoms with Crippen molar-refractivity contribution in [2.45, 2.75) is 30.8 Å². The van der Waals surface area contributed by atoms with Gasteiger partial charge >= 0.3 is 6.18 Å². The van der Waals surface area contributed by atoms with Gasteiger partial charge in [0.15, 0.2) is 0 Å². The average Bonchev–Trinajstić information content (AvgIpc) is 2.46. The van der Waals surface area contributed by atoms with Gasteiger partial charge in [0.05, 0.1) is 10.5 Å². The van der Waals surface area contributed by atoms with Gasteiger partial charge in [0.2, 0.25) is 10.0 Å². The van der Waals surface area contributed by atoms with Crippen LogP contribution in [0.25, 0.3) is 0 Å². The van der Waals surface area contributed by atoms with Crippen LogP contribution in [0.4, 0.5) is 13.2 Å². The Hall–Kier alpha value is -1.12. The summed E-state index contributed by atoms with van der Waals surface area (Å²) in [6.07, 6.45) is -2.93. The molecule has 0 aliphatic carbocycles. The van der Waals surface area contributed by atoms with E-state index in [1.54, 1.807) is 0 Å². The first-order chi connectivity index (χ1) is 10.1. The van der Waals surface area contributed by atoms with Gasteiger partial charge in [0.1, 0.15) is 0 Å². The van der Waals surface area contributed by atoms with Gasteiger partial charge in [-0.3, -0.25) is 0 Å².